The van der Waals surface area contributed by atoms with E-state index < -0.39 is 0 Å². The normalized spacial score (nSPS) is 18.2. The summed E-state index contributed by atoms with van der Waals surface area (Å²) in [5.74, 6) is -1.07. The zero-order valence-electron chi connectivity index (χ0n) is 14.8. The van der Waals surface area contributed by atoms with Crippen LogP contribution in [0.25, 0.3) is 0 Å². The van der Waals surface area contributed by atoms with E-state index in [1.54, 1.807) is 23.1 Å². The molecule has 2 unspecified atom stereocenters. The summed E-state index contributed by atoms with van der Waals surface area (Å²) in [6.45, 7) is 3.24. The van der Waals surface area contributed by atoms with E-state index in [0.29, 0.717) is 25.1 Å². The molecule has 0 heterocycles. The van der Waals surface area contributed by atoms with Crippen LogP contribution < -0.4 is 5.32 Å². The summed E-state index contributed by atoms with van der Waals surface area (Å²) in [5, 5.41) is 2.74. The monoisotopic (exact) mass is 354 g/mol. The molecule has 0 saturated heterocycles. The number of carbonyl (C=O) groups is 2. The van der Waals surface area contributed by atoms with Gasteiger partial charge in [-0.2, -0.15) is 0 Å². The van der Waals surface area contributed by atoms with Gasteiger partial charge in [-0.3, -0.25) is 9.59 Å². The molecule has 1 fully saturated rings. The van der Waals surface area contributed by atoms with Crippen LogP contribution in [-0.2, 0) is 22.7 Å². The fourth-order valence-electron chi connectivity index (χ4n) is 3.10. The highest BCUT2D eigenvalue weighted by Gasteiger charge is 2.49. The first kappa shape index (κ1) is 18.1. The second-order valence-corrected chi connectivity index (χ2v) is 6.60. The van der Waals surface area contributed by atoms with Gasteiger partial charge in [-0.05, 0) is 25.0 Å². The van der Waals surface area contributed by atoms with Crippen molar-refractivity contribution >= 4 is 11.8 Å². The molecule has 1 saturated carbocycles. The maximum Gasteiger partial charge on any atom is 0.226 e. The number of nitrogens with zero attached hydrogens (tertiary/aromatic N) is 1. The van der Waals surface area contributed by atoms with Gasteiger partial charge in [-0.25, -0.2) is 4.39 Å². The molecule has 0 spiro atoms. The molecular weight excluding hydrogens is 331 g/mol. The van der Waals surface area contributed by atoms with Gasteiger partial charge < -0.3 is 10.2 Å². The third-order valence-corrected chi connectivity index (χ3v) is 4.76. The summed E-state index contributed by atoms with van der Waals surface area (Å²) < 4.78 is 13.6. The molecule has 2 atom stereocenters. The Labute approximate surface area is 153 Å². The van der Waals surface area contributed by atoms with E-state index in [-0.39, 0.29) is 36.0 Å². The summed E-state index contributed by atoms with van der Waals surface area (Å²) in [6, 6.07) is 16.2. The fraction of sp³-hybridized carbons (Fsp3) is 0.333. The summed E-state index contributed by atoms with van der Waals surface area (Å²) >= 11 is 0. The number of hydrogen-bond donors (Lipinski definition) is 1. The van der Waals surface area contributed by atoms with Gasteiger partial charge >= 0.3 is 0 Å². The molecule has 0 aromatic heterocycles. The Morgan fingerprint density at radius 1 is 1.08 bits per heavy atom. The molecule has 1 aliphatic rings. The van der Waals surface area contributed by atoms with E-state index in [9.17, 15) is 14.0 Å². The molecular formula is C21H23FN2O2. The molecule has 136 valence electrons. The average molecular weight is 354 g/mol. The number of benzene rings is 2. The lowest BCUT2D eigenvalue weighted by molar-refractivity contribution is -0.135. The quantitative estimate of drug-likeness (QED) is 0.830. The van der Waals surface area contributed by atoms with Gasteiger partial charge in [-0.15, -0.1) is 0 Å². The van der Waals surface area contributed by atoms with Crippen molar-refractivity contribution < 1.29 is 14.0 Å². The minimum absolute atomic E-state index is 0.0161. The number of rotatable bonds is 7. The Bertz CT molecular complexity index is 779. The van der Waals surface area contributed by atoms with Crippen LogP contribution in [0.4, 0.5) is 4.39 Å². The molecule has 0 bridgehead atoms. The summed E-state index contributed by atoms with van der Waals surface area (Å²) in [5.41, 5.74) is 1.52. The first-order valence-electron chi connectivity index (χ1n) is 8.94. The van der Waals surface area contributed by atoms with Crippen LogP contribution in [0.15, 0.2) is 54.6 Å². The maximum atomic E-state index is 13.6. The maximum absolute atomic E-state index is 13.6. The predicted molar refractivity (Wildman–Crippen MR) is 97.4 cm³/mol. The van der Waals surface area contributed by atoms with Gasteiger partial charge in [0.05, 0.1) is 11.8 Å². The second kappa shape index (κ2) is 8.13. The Balaban J connectivity index is 1.52. The molecule has 5 heteroatoms. The zero-order chi connectivity index (χ0) is 18.5. The Morgan fingerprint density at radius 2 is 1.77 bits per heavy atom. The first-order chi connectivity index (χ1) is 12.6. The third-order valence-electron chi connectivity index (χ3n) is 4.76. The highest BCUT2D eigenvalue weighted by Crippen LogP contribution is 2.40. The van der Waals surface area contributed by atoms with E-state index in [1.165, 1.54) is 6.07 Å². The van der Waals surface area contributed by atoms with E-state index in [1.807, 2.05) is 37.3 Å². The molecule has 1 aliphatic carbocycles. The Hall–Kier alpha value is -2.69. The van der Waals surface area contributed by atoms with Crippen molar-refractivity contribution in [1.82, 2.24) is 10.2 Å². The molecule has 0 aliphatic heterocycles. The summed E-state index contributed by atoms with van der Waals surface area (Å²) in [4.78, 5) is 26.7. The second-order valence-electron chi connectivity index (χ2n) is 6.60. The van der Waals surface area contributed by atoms with Gasteiger partial charge in [0, 0.05) is 25.2 Å². The largest absolute Gasteiger partial charge is 0.352 e. The summed E-state index contributed by atoms with van der Waals surface area (Å²) in [6.07, 6.45) is 0.563. The van der Waals surface area contributed by atoms with Crippen molar-refractivity contribution in [3.05, 3.63) is 71.5 Å². The molecule has 2 aromatic carbocycles. The number of amides is 2. The van der Waals surface area contributed by atoms with Crippen molar-refractivity contribution in [2.24, 2.45) is 11.8 Å². The fourth-order valence-corrected chi connectivity index (χ4v) is 3.10. The van der Waals surface area contributed by atoms with Crippen molar-refractivity contribution in [3.63, 3.8) is 0 Å². The minimum Gasteiger partial charge on any atom is -0.352 e. The van der Waals surface area contributed by atoms with E-state index in [4.69, 9.17) is 0 Å². The standard InChI is InChI=1S/C21H23FN2O2/c1-2-24(14-15-8-4-3-5-9-15)21(26)18-12-17(18)20(25)23-13-16-10-6-7-11-19(16)22/h3-11,17-18H,2,12-14H2,1H3,(H,23,25). The van der Waals surface area contributed by atoms with Gasteiger partial charge in [0.1, 0.15) is 5.82 Å². The van der Waals surface area contributed by atoms with E-state index in [0.717, 1.165) is 5.56 Å². The van der Waals surface area contributed by atoms with Crippen LogP contribution in [0, 0.1) is 17.7 Å². The molecule has 26 heavy (non-hydrogen) atoms. The van der Waals surface area contributed by atoms with Crippen LogP contribution in [0.1, 0.15) is 24.5 Å². The topological polar surface area (TPSA) is 49.4 Å². The van der Waals surface area contributed by atoms with Crippen LogP contribution in [-0.4, -0.2) is 23.3 Å². The first-order valence-corrected chi connectivity index (χ1v) is 8.94. The number of halogens is 1. The third kappa shape index (κ3) is 4.28. The van der Waals surface area contributed by atoms with E-state index >= 15 is 0 Å². The highest BCUT2D eigenvalue weighted by molar-refractivity contribution is 5.92. The lowest BCUT2D eigenvalue weighted by Gasteiger charge is -2.21. The van der Waals surface area contributed by atoms with Crippen molar-refractivity contribution in [1.29, 1.82) is 0 Å². The minimum atomic E-state index is -0.337. The molecule has 4 nitrogen and oxygen atoms in total. The van der Waals surface area contributed by atoms with Gasteiger partial charge in [0.2, 0.25) is 11.8 Å². The zero-order valence-corrected chi connectivity index (χ0v) is 14.8. The van der Waals surface area contributed by atoms with Crippen LogP contribution in [0.5, 0.6) is 0 Å². The number of carbonyl (C=O) groups excluding carboxylic acids is 2. The number of nitrogens with one attached hydrogen (secondary N) is 1. The lowest BCUT2D eigenvalue weighted by Crippen LogP contribution is -2.34. The van der Waals surface area contributed by atoms with Crippen LogP contribution >= 0.6 is 0 Å². The van der Waals surface area contributed by atoms with Gasteiger partial charge in [0.15, 0.2) is 0 Å². The van der Waals surface area contributed by atoms with Crippen molar-refractivity contribution in [2.75, 3.05) is 6.54 Å². The Morgan fingerprint density at radius 3 is 2.46 bits per heavy atom. The Kier molecular flexibility index (Phi) is 5.66. The SMILES string of the molecule is CCN(Cc1ccccc1)C(=O)C1CC1C(=O)NCc1ccccc1F. The van der Waals surface area contributed by atoms with Crippen LogP contribution in [0.2, 0.25) is 0 Å². The molecule has 3 rings (SSSR count). The van der Waals surface area contributed by atoms with Gasteiger partial charge in [-0.1, -0.05) is 48.5 Å². The van der Waals surface area contributed by atoms with Crippen molar-refractivity contribution in [3.8, 4) is 0 Å². The van der Waals surface area contributed by atoms with Gasteiger partial charge in [0.25, 0.3) is 0 Å². The molecule has 0 radical (unpaired) electrons. The van der Waals surface area contributed by atoms with E-state index in [2.05, 4.69) is 5.32 Å². The van der Waals surface area contributed by atoms with Crippen LogP contribution in [0.3, 0.4) is 0 Å². The average Bonchev–Trinajstić information content (AvgIpc) is 3.46. The number of hydrogen-bond acceptors (Lipinski definition) is 2. The summed E-state index contributed by atoms with van der Waals surface area (Å²) in [7, 11) is 0. The van der Waals surface area contributed by atoms with Crippen molar-refractivity contribution in [2.45, 2.75) is 26.4 Å². The molecule has 2 aromatic rings. The predicted octanol–water partition coefficient (Wildman–Crippen LogP) is 3.13. The molecule has 2 amide bonds. The lowest BCUT2D eigenvalue weighted by atomic mass is 10.2. The molecule has 1 N–H and O–H groups in total. The highest BCUT2D eigenvalue weighted by atomic mass is 19.1. The smallest absolute Gasteiger partial charge is 0.226 e.